The first-order chi connectivity index (χ1) is 30.7. The van der Waals surface area contributed by atoms with Crippen LogP contribution in [0, 0.1) is 0 Å². The normalized spacial score (nSPS) is 11.5. The van der Waals surface area contributed by atoms with Crippen molar-refractivity contribution in [2.75, 3.05) is 4.90 Å². The second kappa shape index (κ2) is 14.8. The summed E-state index contributed by atoms with van der Waals surface area (Å²) in [7, 11) is 0. The van der Waals surface area contributed by atoms with Crippen LogP contribution in [0.4, 0.5) is 17.1 Å². The van der Waals surface area contributed by atoms with E-state index in [-0.39, 0.29) is 0 Å². The predicted octanol–water partition coefficient (Wildman–Crippen LogP) is 17.2. The molecule has 0 bridgehead atoms. The van der Waals surface area contributed by atoms with E-state index in [9.17, 15) is 0 Å². The van der Waals surface area contributed by atoms with Crippen LogP contribution in [0.25, 0.3) is 98.8 Å². The Morgan fingerprint density at radius 2 is 0.726 bits per heavy atom. The lowest BCUT2D eigenvalue weighted by atomic mass is 9.96. The zero-order valence-electron chi connectivity index (χ0n) is 33.9. The lowest BCUT2D eigenvalue weighted by molar-refractivity contribution is 0.672. The smallest absolute Gasteiger partial charge is 0.143 e. The fourth-order valence-electron chi connectivity index (χ4n) is 9.40. The molecule has 11 aromatic carbocycles. The molecule has 0 atom stereocenters. The summed E-state index contributed by atoms with van der Waals surface area (Å²) < 4.78 is 6.53. The van der Waals surface area contributed by atoms with Crippen molar-refractivity contribution < 1.29 is 4.42 Å². The van der Waals surface area contributed by atoms with Crippen LogP contribution in [0.15, 0.2) is 241 Å². The van der Waals surface area contributed by atoms with Gasteiger partial charge in [0.15, 0.2) is 0 Å². The zero-order chi connectivity index (χ0) is 41.0. The Hall–Kier alpha value is -8.20. The third-order valence-corrected chi connectivity index (χ3v) is 12.5. The Balaban J connectivity index is 0.963. The van der Waals surface area contributed by atoms with E-state index in [1.165, 1.54) is 54.9 Å². The monoisotopic (exact) mass is 789 g/mol. The highest BCUT2D eigenvalue weighted by molar-refractivity contribution is 6.15. The lowest BCUT2D eigenvalue weighted by Gasteiger charge is -2.28. The average Bonchev–Trinajstić information content (AvgIpc) is 3.74. The fourth-order valence-corrected chi connectivity index (χ4v) is 9.40. The van der Waals surface area contributed by atoms with E-state index in [1.54, 1.807) is 0 Å². The van der Waals surface area contributed by atoms with Gasteiger partial charge in [-0.05, 0) is 114 Å². The third kappa shape index (κ3) is 6.12. The van der Waals surface area contributed by atoms with Gasteiger partial charge in [-0.15, -0.1) is 0 Å². The molecule has 0 amide bonds. The van der Waals surface area contributed by atoms with Gasteiger partial charge in [0.2, 0.25) is 0 Å². The molecule has 12 aromatic rings. The van der Waals surface area contributed by atoms with Gasteiger partial charge in [0.1, 0.15) is 11.2 Å². The molecule has 0 N–H and O–H groups in total. The van der Waals surface area contributed by atoms with Crippen LogP contribution in [0.5, 0.6) is 0 Å². The van der Waals surface area contributed by atoms with Gasteiger partial charge in [-0.3, -0.25) is 0 Å². The molecule has 0 fully saturated rings. The maximum Gasteiger partial charge on any atom is 0.143 e. The standard InChI is InChI=1S/C60H39NO/c1-3-15-50-42(11-1)13-9-19-52(50)44-25-23-40(24-26-44)41-29-34-48(35-30-41)61(49-36-31-45(32-37-49)53-20-10-14-43-12-2-4-16-51(43)53)58-21-7-5-17-54(58)47-28-27-46-33-38-56-55-18-6-8-22-59(55)62-60(56)57(46)39-47/h1-39H. The summed E-state index contributed by atoms with van der Waals surface area (Å²) in [5.74, 6) is 0. The van der Waals surface area contributed by atoms with Crippen LogP contribution in [0.2, 0.25) is 0 Å². The minimum absolute atomic E-state index is 0.906. The van der Waals surface area contributed by atoms with E-state index < -0.39 is 0 Å². The summed E-state index contributed by atoms with van der Waals surface area (Å²) in [6.45, 7) is 0. The molecule has 1 aromatic heterocycles. The van der Waals surface area contributed by atoms with Crippen molar-refractivity contribution in [2.24, 2.45) is 0 Å². The van der Waals surface area contributed by atoms with Gasteiger partial charge in [-0.1, -0.05) is 188 Å². The molecule has 2 heteroatoms. The predicted molar refractivity (Wildman–Crippen MR) is 263 cm³/mol. The van der Waals surface area contributed by atoms with Gasteiger partial charge >= 0.3 is 0 Å². The first-order valence-corrected chi connectivity index (χ1v) is 21.2. The van der Waals surface area contributed by atoms with Gasteiger partial charge in [0.05, 0.1) is 5.69 Å². The van der Waals surface area contributed by atoms with Crippen molar-refractivity contribution in [3.05, 3.63) is 237 Å². The number of benzene rings is 11. The summed E-state index contributed by atoms with van der Waals surface area (Å²) in [5, 5.41) is 9.54. The molecular weight excluding hydrogens is 751 g/mol. The Morgan fingerprint density at radius 3 is 1.39 bits per heavy atom. The number of hydrogen-bond donors (Lipinski definition) is 0. The zero-order valence-corrected chi connectivity index (χ0v) is 33.9. The number of hydrogen-bond acceptors (Lipinski definition) is 2. The second-order valence-electron chi connectivity index (χ2n) is 16.1. The molecule has 62 heavy (non-hydrogen) atoms. The quantitative estimate of drug-likeness (QED) is 0.160. The number of anilines is 3. The summed E-state index contributed by atoms with van der Waals surface area (Å²) in [4.78, 5) is 2.39. The highest BCUT2D eigenvalue weighted by Gasteiger charge is 2.19. The van der Waals surface area contributed by atoms with Crippen molar-refractivity contribution in [1.29, 1.82) is 0 Å². The van der Waals surface area contributed by atoms with Crippen molar-refractivity contribution in [3.63, 3.8) is 0 Å². The Labute approximate surface area is 360 Å². The first-order valence-electron chi connectivity index (χ1n) is 21.2. The Bertz CT molecular complexity index is 3610. The molecule has 12 rings (SSSR count). The lowest BCUT2D eigenvalue weighted by Crippen LogP contribution is -2.11. The largest absolute Gasteiger partial charge is 0.455 e. The summed E-state index contributed by atoms with van der Waals surface area (Å²) in [6, 6.07) is 85.5. The molecule has 0 spiro atoms. The minimum Gasteiger partial charge on any atom is -0.455 e. The van der Waals surface area contributed by atoms with E-state index in [0.717, 1.165) is 60.9 Å². The number of furan rings is 1. The summed E-state index contributed by atoms with van der Waals surface area (Å²) in [6.07, 6.45) is 0. The number of para-hydroxylation sites is 2. The summed E-state index contributed by atoms with van der Waals surface area (Å²) in [5.41, 5.74) is 14.6. The highest BCUT2D eigenvalue weighted by atomic mass is 16.3. The van der Waals surface area contributed by atoms with Crippen LogP contribution >= 0.6 is 0 Å². The fraction of sp³-hybridized carbons (Fsp3) is 0. The van der Waals surface area contributed by atoms with Crippen LogP contribution in [0.1, 0.15) is 0 Å². The molecule has 290 valence electrons. The molecule has 0 saturated carbocycles. The van der Waals surface area contributed by atoms with Gasteiger partial charge in [0.25, 0.3) is 0 Å². The highest BCUT2D eigenvalue weighted by Crippen LogP contribution is 2.44. The topological polar surface area (TPSA) is 16.4 Å². The van der Waals surface area contributed by atoms with Crippen molar-refractivity contribution in [1.82, 2.24) is 0 Å². The first kappa shape index (κ1) is 35.7. The van der Waals surface area contributed by atoms with Crippen molar-refractivity contribution in [3.8, 4) is 44.5 Å². The summed E-state index contributed by atoms with van der Waals surface area (Å²) >= 11 is 0. The molecular formula is C60H39NO. The van der Waals surface area contributed by atoms with Crippen LogP contribution in [-0.4, -0.2) is 0 Å². The molecule has 0 unspecified atom stereocenters. The third-order valence-electron chi connectivity index (χ3n) is 12.5. The van der Waals surface area contributed by atoms with Gasteiger partial charge in [0, 0.05) is 33.1 Å². The van der Waals surface area contributed by atoms with Crippen LogP contribution in [-0.2, 0) is 0 Å². The van der Waals surface area contributed by atoms with E-state index in [0.29, 0.717) is 0 Å². The van der Waals surface area contributed by atoms with E-state index in [4.69, 9.17) is 4.42 Å². The van der Waals surface area contributed by atoms with Gasteiger partial charge in [-0.2, -0.15) is 0 Å². The van der Waals surface area contributed by atoms with E-state index >= 15 is 0 Å². The number of rotatable bonds is 7. The van der Waals surface area contributed by atoms with Crippen molar-refractivity contribution in [2.45, 2.75) is 0 Å². The van der Waals surface area contributed by atoms with Gasteiger partial charge in [-0.25, -0.2) is 0 Å². The second-order valence-corrected chi connectivity index (χ2v) is 16.1. The number of fused-ring (bicyclic) bond motifs is 7. The maximum atomic E-state index is 6.53. The molecule has 0 aliphatic heterocycles. The molecule has 1 heterocycles. The molecule has 0 saturated heterocycles. The molecule has 0 aliphatic carbocycles. The molecule has 0 radical (unpaired) electrons. The van der Waals surface area contributed by atoms with E-state index in [1.807, 2.05) is 6.07 Å². The number of nitrogens with zero attached hydrogens (tertiary/aromatic N) is 1. The average molecular weight is 790 g/mol. The van der Waals surface area contributed by atoms with Crippen molar-refractivity contribution >= 4 is 71.3 Å². The van der Waals surface area contributed by atoms with Crippen LogP contribution < -0.4 is 4.90 Å². The molecule has 0 aliphatic rings. The maximum absolute atomic E-state index is 6.53. The minimum atomic E-state index is 0.906. The van der Waals surface area contributed by atoms with Gasteiger partial charge < -0.3 is 9.32 Å². The Kier molecular flexibility index (Phi) is 8.53. The van der Waals surface area contributed by atoms with Crippen LogP contribution in [0.3, 0.4) is 0 Å². The molecule has 2 nitrogen and oxygen atoms in total. The van der Waals surface area contributed by atoms with E-state index in [2.05, 4.69) is 235 Å². The SMILES string of the molecule is c1ccc(N(c2ccc(-c3ccc(-c4cccc5ccccc45)cc3)cc2)c2ccc(-c3cccc4ccccc34)cc2)c(-c2ccc3ccc4c5ccccc5oc4c3c2)c1. The Morgan fingerprint density at radius 1 is 0.274 bits per heavy atom.